The largest absolute Gasteiger partial charge is 0.504 e. The number of hydrogen-bond donors (Lipinski definition) is 4. The summed E-state index contributed by atoms with van der Waals surface area (Å²) in [6.45, 7) is 8.32. The molecule has 4 aromatic rings. The fraction of sp³-hybridized carbons (Fsp3) is 0.476. The Morgan fingerprint density at radius 2 is 1.88 bits per heavy atom. The Balaban J connectivity index is 1.25. The Kier molecular flexibility index (Phi) is 8.31. The number of thioether (sulfide) groups is 1. The van der Waals surface area contributed by atoms with E-state index < -0.39 is 46.6 Å². The van der Waals surface area contributed by atoms with E-state index in [0.717, 1.165) is 44.6 Å². The Morgan fingerprint density at radius 3 is 2.63 bits per heavy atom. The van der Waals surface area contributed by atoms with E-state index in [-0.39, 0.29) is 37.9 Å². The number of aryl methyl sites for hydroxylation is 1. The van der Waals surface area contributed by atoms with Crippen molar-refractivity contribution in [2.45, 2.75) is 75.2 Å². The molecular weight excluding hydrogens is 753 g/mol. The van der Waals surface area contributed by atoms with Gasteiger partial charge in [0.25, 0.3) is 0 Å². The van der Waals surface area contributed by atoms with Crippen LogP contribution in [0.1, 0.15) is 75.8 Å². The van der Waals surface area contributed by atoms with E-state index in [4.69, 9.17) is 28.4 Å². The number of rotatable bonds is 4. The molecule has 1 spiro atoms. The lowest BCUT2D eigenvalue weighted by Crippen LogP contribution is -2.70. The molecular formula is C42H46N4O10S. The minimum absolute atomic E-state index is 0.0392. The molecule has 14 nitrogen and oxygen atoms in total. The van der Waals surface area contributed by atoms with Crippen molar-refractivity contribution in [3.63, 3.8) is 0 Å². The highest BCUT2D eigenvalue weighted by Gasteiger charge is 2.64. The van der Waals surface area contributed by atoms with Crippen molar-refractivity contribution in [2.24, 2.45) is 0 Å². The van der Waals surface area contributed by atoms with Crippen LogP contribution in [0.15, 0.2) is 24.3 Å². The third-order valence-electron chi connectivity index (χ3n) is 13.0. The summed E-state index contributed by atoms with van der Waals surface area (Å²) in [6.07, 6.45) is 0.877. The Labute approximate surface area is 333 Å². The summed E-state index contributed by atoms with van der Waals surface area (Å²) in [5, 5.41) is 29.5. The number of aromatic hydroxyl groups is 1. The molecule has 7 atom stereocenters. The average molecular weight is 799 g/mol. The van der Waals surface area contributed by atoms with Gasteiger partial charge in [0.1, 0.15) is 23.8 Å². The van der Waals surface area contributed by atoms with Crippen LogP contribution >= 0.6 is 11.8 Å². The zero-order valence-electron chi connectivity index (χ0n) is 32.7. The standard InChI is InChI=1S/C42H46N4O10S/c1-7-45-16-41(50)14-22-12-19(2)34(52-6)33(48)28(22)31(45)32-38-30-29(37-36(54-18-55-37)20(3)35(30)56-21(4)47)27(46(32)41)15-53-40(49)42(17-57-38)39-24(10-11-43-42)25-13-23(51-5)8-9-26(25)44-39/h8-9,12-13,27,31-32,38,43-44,48,50H,7,10-11,14-18H2,1-6H3/t27-,31-,32+,38+,41?,42+/m0/s1. The number of piperazine rings is 1. The Bertz CT molecular complexity index is 2400. The van der Waals surface area contributed by atoms with Gasteiger partial charge in [-0.3, -0.25) is 19.9 Å². The minimum Gasteiger partial charge on any atom is -0.504 e. The number of fused-ring (bicyclic) bond motifs is 8. The number of ether oxygens (including phenoxy) is 6. The number of H-pyrrole nitrogens is 1. The van der Waals surface area contributed by atoms with Crippen molar-refractivity contribution in [2.75, 3.05) is 53.0 Å². The zero-order chi connectivity index (χ0) is 39.7. The number of aromatic amines is 1. The first-order valence-electron chi connectivity index (χ1n) is 19.5. The molecule has 3 aromatic carbocycles. The van der Waals surface area contributed by atoms with Crippen molar-refractivity contribution in [3.8, 4) is 34.5 Å². The summed E-state index contributed by atoms with van der Waals surface area (Å²) < 4.78 is 36.4. The van der Waals surface area contributed by atoms with Crippen molar-refractivity contribution in [3.05, 3.63) is 68.9 Å². The van der Waals surface area contributed by atoms with Crippen LogP contribution in [0.25, 0.3) is 10.9 Å². The molecule has 2 saturated heterocycles. The predicted molar refractivity (Wildman–Crippen MR) is 209 cm³/mol. The van der Waals surface area contributed by atoms with E-state index in [9.17, 15) is 19.8 Å². The summed E-state index contributed by atoms with van der Waals surface area (Å²) in [5.41, 5.74) is 4.11. The van der Waals surface area contributed by atoms with Crippen LogP contribution in [0, 0.1) is 13.8 Å². The van der Waals surface area contributed by atoms with Crippen LogP contribution in [-0.2, 0) is 32.7 Å². The fourth-order valence-corrected chi connectivity index (χ4v) is 12.5. The third kappa shape index (κ3) is 4.98. The van der Waals surface area contributed by atoms with Gasteiger partial charge in [0.2, 0.25) is 6.79 Å². The molecule has 2 fully saturated rings. The van der Waals surface area contributed by atoms with Crippen molar-refractivity contribution >= 4 is 34.6 Å². The van der Waals surface area contributed by atoms with Gasteiger partial charge >= 0.3 is 11.9 Å². The number of carbonyl (C=O) groups is 2. The van der Waals surface area contributed by atoms with Crippen LogP contribution < -0.4 is 29.0 Å². The van der Waals surface area contributed by atoms with Crippen LogP contribution in [-0.4, -0.2) is 102 Å². The first-order valence-corrected chi connectivity index (χ1v) is 20.5. The molecule has 57 heavy (non-hydrogen) atoms. The number of aromatic nitrogens is 1. The van der Waals surface area contributed by atoms with Gasteiger partial charge in [-0.05, 0) is 61.7 Å². The van der Waals surface area contributed by atoms with Gasteiger partial charge in [0.05, 0.1) is 37.2 Å². The fourth-order valence-electron chi connectivity index (χ4n) is 10.8. The number of nitrogens with zero attached hydrogens (tertiary/aromatic N) is 2. The number of phenols is 1. The monoisotopic (exact) mass is 798 g/mol. The maximum Gasteiger partial charge on any atom is 0.333 e. The molecule has 9 heterocycles. The van der Waals surface area contributed by atoms with Gasteiger partial charge < -0.3 is 43.6 Å². The smallest absolute Gasteiger partial charge is 0.333 e. The number of aliphatic hydroxyl groups is 1. The van der Waals surface area contributed by atoms with Gasteiger partial charge in [-0.2, -0.15) is 0 Å². The highest BCUT2D eigenvalue weighted by atomic mass is 32.2. The quantitative estimate of drug-likeness (QED) is 0.168. The van der Waals surface area contributed by atoms with Crippen LogP contribution in [0.2, 0.25) is 0 Å². The molecule has 15 heteroatoms. The molecule has 8 aliphatic rings. The second kappa shape index (κ2) is 12.9. The molecule has 4 bridgehead atoms. The molecule has 1 aromatic heterocycles. The third-order valence-corrected chi connectivity index (χ3v) is 14.5. The maximum absolute atomic E-state index is 15.0. The van der Waals surface area contributed by atoms with E-state index in [2.05, 4.69) is 27.0 Å². The van der Waals surface area contributed by atoms with Crippen molar-refractivity contribution in [1.29, 1.82) is 0 Å². The zero-order valence-corrected chi connectivity index (χ0v) is 33.6. The number of benzene rings is 3. The number of phenolic OH excluding ortho intramolecular Hbond substituents is 1. The number of nitrogens with one attached hydrogen (secondary N) is 2. The van der Waals surface area contributed by atoms with Crippen LogP contribution in [0.3, 0.4) is 0 Å². The van der Waals surface area contributed by atoms with E-state index in [1.54, 1.807) is 14.2 Å². The van der Waals surface area contributed by atoms with Gasteiger partial charge in [-0.15, -0.1) is 11.8 Å². The molecule has 4 N–H and O–H groups in total. The summed E-state index contributed by atoms with van der Waals surface area (Å²) in [7, 11) is 3.19. The summed E-state index contributed by atoms with van der Waals surface area (Å²) >= 11 is 1.54. The number of methoxy groups -OCH3 is 2. The molecule has 0 saturated carbocycles. The normalized spacial score (nSPS) is 29.6. The average Bonchev–Trinajstić information content (AvgIpc) is 3.78. The summed E-state index contributed by atoms with van der Waals surface area (Å²) in [4.78, 5) is 35.9. The molecule has 300 valence electrons. The van der Waals surface area contributed by atoms with Crippen LogP contribution in [0.5, 0.6) is 34.5 Å². The molecule has 8 aliphatic heterocycles. The van der Waals surface area contributed by atoms with E-state index >= 15 is 0 Å². The lowest BCUT2D eigenvalue weighted by molar-refractivity contribution is -0.218. The first kappa shape index (κ1) is 36.7. The van der Waals surface area contributed by atoms with Gasteiger partial charge in [0, 0.05) is 71.4 Å². The van der Waals surface area contributed by atoms with Gasteiger partial charge in [-0.1, -0.05) is 13.0 Å². The molecule has 12 rings (SSSR count). The SMILES string of the molecule is CCN1CC2(O)Cc3cc(C)c(OC)c(O)c3[C@H]1[C@@H]1[C@@H]3SC[C@]4(NCCc5c4[nH]c4ccc(OC)cc54)C(=O)OC[C@@H](c4c5c(c(C)c(OC(C)=O)c43)OCO5)N12. The van der Waals surface area contributed by atoms with Gasteiger partial charge in [-0.25, -0.2) is 4.79 Å². The number of esters is 2. The maximum atomic E-state index is 15.0. The topological polar surface area (TPSA) is 164 Å². The highest BCUT2D eigenvalue weighted by molar-refractivity contribution is 7.99. The lowest BCUT2D eigenvalue weighted by Gasteiger charge is -2.61. The molecule has 0 amide bonds. The highest BCUT2D eigenvalue weighted by Crippen LogP contribution is 2.65. The van der Waals surface area contributed by atoms with E-state index in [0.29, 0.717) is 59.2 Å². The van der Waals surface area contributed by atoms with Crippen molar-refractivity contribution in [1.82, 2.24) is 20.1 Å². The molecule has 0 aliphatic carbocycles. The molecule has 2 unspecified atom stereocenters. The summed E-state index contributed by atoms with van der Waals surface area (Å²) in [5.74, 6) is 1.71. The van der Waals surface area contributed by atoms with E-state index in [1.165, 1.54) is 18.7 Å². The minimum atomic E-state index is -1.49. The van der Waals surface area contributed by atoms with Crippen LogP contribution in [0.4, 0.5) is 0 Å². The van der Waals surface area contributed by atoms with Gasteiger partial charge in [0.15, 0.2) is 28.5 Å². The first-order chi connectivity index (χ1) is 27.4. The van der Waals surface area contributed by atoms with E-state index in [1.807, 2.05) is 38.1 Å². The molecule has 0 radical (unpaired) electrons. The lowest BCUT2D eigenvalue weighted by atomic mass is 9.78. The second-order valence-electron chi connectivity index (χ2n) is 16.0. The second-order valence-corrected chi connectivity index (χ2v) is 17.1. The van der Waals surface area contributed by atoms with Crippen molar-refractivity contribution < 1.29 is 48.2 Å². The summed E-state index contributed by atoms with van der Waals surface area (Å²) in [6, 6.07) is 6.09. The predicted octanol–water partition coefficient (Wildman–Crippen LogP) is 4.58. The number of hydrogen-bond acceptors (Lipinski definition) is 14. The number of likely N-dealkylation sites (N-methyl/N-ethyl adjacent to an activating group) is 1. The Hall–Kier alpha value is -4.67. The number of carbonyl (C=O) groups excluding carboxylic acids is 2. The Morgan fingerprint density at radius 1 is 1.07 bits per heavy atom.